The number of phenols is 1. The topological polar surface area (TPSA) is 64.0 Å². The number of carbonyl (C=O) groups is 1. The van der Waals surface area contributed by atoms with Crippen LogP contribution in [0.5, 0.6) is 5.75 Å². The number of aromatic hydroxyl groups is 1. The van der Waals surface area contributed by atoms with E-state index in [-0.39, 0.29) is 6.54 Å². The van der Waals surface area contributed by atoms with E-state index < -0.39 is 5.97 Å². The van der Waals surface area contributed by atoms with E-state index in [1.54, 1.807) is 0 Å². The zero-order chi connectivity index (χ0) is 27.7. The van der Waals surface area contributed by atoms with E-state index in [1.165, 1.54) is 39.1 Å². The number of hydrogen-bond donors (Lipinski definition) is 2. The summed E-state index contributed by atoms with van der Waals surface area (Å²) in [6.45, 7) is 3.96. The molecule has 0 saturated carbocycles. The van der Waals surface area contributed by atoms with Crippen LogP contribution in [0, 0.1) is 0 Å². The van der Waals surface area contributed by atoms with Crippen LogP contribution < -0.4 is 4.90 Å². The highest BCUT2D eigenvalue weighted by atomic mass is 16.4. The first-order valence-corrected chi connectivity index (χ1v) is 15.0. The molecule has 3 aromatic carbocycles. The van der Waals surface area contributed by atoms with Gasteiger partial charge in [-0.2, -0.15) is 0 Å². The molecule has 210 valence electrons. The van der Waals surface area contributed by atoms with Gasteiger partial charge >= 0.3 is 5.97 Å². The molecule has 5 heteroatoms. The van der Waals surface area contributed by atoms with Crippen molar-refractivity contribution in [3.05, 3.63) is 95.1 Å². The Labute approximate surface area is 238 Å². The molecule has 1 aliphatic heterocycles. The van der Waals surface area contributed by atoms with E-state index >= 15 is 0 Å². The second kappa shape index (κ2) is 13.7. The minimum atomic E-state index is -0.723. The fourth-order valence-corrected chi connectivity index (χ4v) is 6.33. The number of fused-ring (bicyclic) bond motifs is 1. The highest BCUT2D eigenvalue weighted by Gasteiger charge is 2.21. The fourth-order valence-electron chi connectivity index (χ4n) is 6.33. The number of rotatable bonds is 5. The largest absolute Gasteiger partial charge is 0.508 e. The average Bonchev–Trinajstić information content (AvgIpc) is 3.14. The Hall–Kier alpha value is -3.57. The van der Waals surface area contributed by atoms with Crippen LogP contribution in [-0.2, 0) is 11.2 Å². The number of allylic oxidation sites excluding steroid dienone is 1. The SMILES string of the molecule is O=C(O)CN1CCCCCN(c2ccc(C3=C(c4ccccc4)CCCc4cc(O)ccc43)cc2)CCCCC1. The second-order valence-electron chi connectivity index (χ2n) is 11.2. The lowest BCUT2D eigenvalue weighted by atomic mass is 9.87. The van der Waals surface area contributed by atoms with Gasteiger partial charge in [-0.3, -0.25) is 9.69 Å². The molecule has 0 atom stereocenters. The van der Waals surface area contributed by atoms with Gasteiger partial charge in [0, 0.05) is 18.8 Å². The molecule has 5 nitrogen and oxygen atoms in total. The van der Waals surface area contributed by atoms with Crippen LogP contribution in [0.2, 0.25) is 0 Å². The van der Waals surface area contributed by atoms with Crippen molar-refractivity contribution >= 4 is 22.8 Å². The molecule has 3 aromatic rings. The quantitative estimate of drug-likeness (QED) is 0.359. The average molecular weight is 539 g/mol. The molecular weight excluding hydrogens is 496 g/mol. The second-order valence-corrected chi connectivity index (χ2v) is 11.2. The summed E-state index contributed by atoms with van der Waals surface area (Å²) < 4.78 is 0. The van der Waals surface area contributed by atoms with Crippen molar-refractivity contribution in [2.24, 2.45) is 0 Å². The normalized spacial score (nSPS) is 17.9. The van der Waals surface area contributed by atoms with Crippen LogP contribution >= 0.6 is 0 Å². The lowest BCUT2D eigenvalue weighted by Crippen LogP contribution is -2.32. The number of nitrogens with zero attached hydrogens (tertiary/aromatic N) is 2. The van der Waals surface area contributed by atoms with Gasteiger partial charge in [-0.05, 0) is 116 Å². The minimum absolute atomic E-state index is 0.159. The number of anilines is 1. The summed E-state index contributed by atoms with van der Waals surface area (Å²) in [6, 6.07) is 25.7. The third kappa shape index (κ3) is 7.14. The summed E-state index contributed by atoms with van der Waals surface area (Å²) in [5, 5.41) is 19.4. The zero-order valence-electron chi connectivity index (χ0n) is 23.5. The summed E-state index contributed by atoms with van der Waals surface area (Å²) >= 11 is 0. The molecule has 0 amide bonds. The smallest absolute Gasteiger partial charge is 0.317 e. The van der Waals surface area contributed by atoms with Gasteiger partial charge in [0.25, 0.3) is 0 Å². The van der Waals surface area contributed by atoms with Crippen LogP contribution in [0.25, 0.3) is 11.1 Å². The maximum atomic E-state index is 11.2. The summed E-state index contributed by atoms with van der Waals surface area (Å²) in [7, 11) is 0. The van der Waals surface area contributed by atoms with Crippen LogP contribution in [0.3, 0.4) is 0 Å². The molecule has 2 N–H and O–H groups in total. The van der Waals surface area contributed by atoms with Crippen molar-refractivity contribution in [3.63, 3.8) is 0 Å². The van der Waals surface area contributed by atoms with E-state index in [1.807, 2.05) is 12.1 Å². The molecule has 5 rings (SSSR count). The van der Waals surface area contributed by atoms with Gasteiger partial charge in [0.15, 0.2) is 0 Å². The molecule has 2 aliphatic rings. The first-order chi connectivity index (χ1) is 19.6. The van der Waals surface area contributed by atoms with Gasteiger partial charge in [-0.25, -0.2) is 0 Å². The predicted molar refractivity (Wildman–Crippen MR) is 164 cm³/mol. The number of carboxylic acids is 1. The third-order valence-corrected chi connectivity index (χ3v) is 8.34. The van der Waals surface area contributed by atoms with Gasteiger partial charge in [-0.15, -0.1) is 0 Å². The lowest BCUT2D eigenvalue weighted by molar-refractivity contribution is -0.138. The van der Waals surface area contributed by atoms with Crippen molar-refractivity contribution in [1.82, 2.24) is 4.90 Å². The summed E-state index contributed by atoms with van der Waals surface area (Å²) in [6.07, 6.45) is 9.58. The van der Waals surface area contributed by atoms with Crippen LogP contribution in [-0.4, -0.2) is 53.8 Å². The number of phenolic OH excluding ortho intramolecular Hbond substituents is 1. The molecule has 1 fully saturated rings. The number of aryl methyl sites for hydroxylation is 1. The molecule has 1 heterocycles. The minimum Gasteiger partial charge on any atom is -0.508 e. The Morgan fingerprint density at radius 3 is 2.05 bits per heavy atom. The van der Waals surface area contributed by atoms with Gasteiger partial charge in [0.2, 0.25) is 0 Å². The molecule has 40 heavy (non-hydrogen) atoms. The zero-order valence-corrected chi connectivity index (χ0v) is 23.5. The van der Waals surface area contributed by atoms with E-state index in [2.05, 4.69) is 70.5 Å². The summed E-state index contributed by atoms with van der Waals surface area (Å²) in [5.74, 6) is -0.389. The molecule has 0 unspecified atom stereocenters. The van der Waals surface area contributed by atoms with Crippen molar-refractivity contribution < 1.29 is 15.0 Å². The first kappa shape index (κ1) is 28.0. The number of hydrogen-bond acceptors (Lipinski definition) is 4. The van der Waals surface area contributed by atoms with Crippen molar-refractivity contribution in [2.75, 3.05) is 37.6 Å². The molecule has 0 radical (unpaired) electrons. The first-order valence-electron chi connectivity index (χ1n) is 15.0. The highest BCUT2D eigenvalue weighted by Crippen LogP contribution is 2.41. The van der Waals surface area contributed by atoms with Gasteiger partial charge < -0.3 is 15.1 Å². The maximum absolute atomic E-state index is 11.2. The van der Waals surface area contributed by atoms with Gasteiger partial charge in [0.1, 0.15) is 5.75 Å². The monoisotopic (exact) mass is 538 g/mol. The number of benzene rings is 3. The Morgan fingerprint density at radius 1 is 0.700 bits per heavy atom. The maximum Gasteiger partial charge on any atom is 0.317 e. The summed E-state index contributed by atoms with van der Waals surface area (Å²) in [4.78, 5) is 15.8. The molecule has 0 bridgehead atoms. The Kier molecular flexibility index (Phi) is 9.56. The molecule has 0 aromatic heterocycles. The van der Waals surface area contributed by atoms with Gasteiger partial charge in [-0.1, -0.05) is 61.4 Å². The Morgan fingerprint density at radius 2 is 1.38 bits per heavy atom. The van der Waals surface area contributed by atoms with Crippen molar-refractivity contribution in [3.8, 4) is 5.75 Å². The van der Waals surface area contributed by atoms with Crippen molar-refractivity contribution in [2.45, 2.75) is 57.8 Å². The highest BCUT2D eigenvalue weighted by molar-refractivity contribution is 6.00. The van der Waals surface area contributed by atoms with E-state index in [4.69, 9.17) is 0 Å². The molecular formula is C35H42N2O3. The Balaban J connectivity index is 1.39. The van der Waals surface area contributed by atoms with E-state index in [0.717, 1.165) is 84.0 Å². The van der Waals surface area contributed by atoms with Crippen LogP contribution in [0.4, 0.5) is 5.69 Å². The molecule has 1 aliphatic carbocycles. The third-order valence-electron chi connectivity index (χ3n) is 8.34. The Bertz CT molecular complexity index is 1290. The summed E-state index contributed by atoms with van der Waals surface area (Å²) in [5.41, 5.74) is 8.87. The van der Waals surface area contributed by atoms with Crippen LogP contribution in [0.15, 0.2) is 72.8 Å². The lowest BCUT2D eigenvalue weighted by Gasteiger charge is -2.27. The number of carboxylic acid groups (broad SMARTS) is 1. The molecule has 1 saturated heterocycles. The number of aliphatic carboxylic acids is 1. The van der Waals surface area contributed by atoms with E-state index in [9.17, 15) is 15.0 Å². The van der Waals surface area contributed by atoms with Crippen LogP contribution in [0.1, 0.15) is 73.6 Å². The van der Waals surface area contributed by atoms with Crippen molar-refractivity contribution in [1.29, 1.82) is 0 Å². The predicted octanol–water partition coefficient (Wildman–Crippen LogP) is 7.23. The van der Waals surface area contributed by atoms with Gasteiger partial charge in [0.05, 0.1) is 6.54 Å². The van der Waals surface area contributed by atoms with E-state index in [0.29, 0.717) is 5.75 Å². The standard InChI is InChI=1S/C35H42N2O3/c38-31-19-20-33-29(25-31)13-10-14-32(27-11-4-1-5-12-27)35(33)28-15-17-30(18-16-28)37-23-8-2-6-21-36(26-34(39)40)22-7-3-9-24-37/h1,4-5,11-12,15-20,25,38H,2-3,6-10,13-14,21-24,26H2,(H,39,40). The molecule has 0 spiro atoms. The fraction of sp³-hybridized carbons (Fsp3) is 0.400.